The number of hydrogen-bond acceptors (Lipinski definition) is 3. The van der Waals surface area contributed by atoms with Gasteiger partial charge in [-0.15, -0.1) is 0 Å². The van der Waals surface area contributed by atoms with Gasteiger partial charge in [0.05, 0.1) is 29.4 Å². The summed E-state index contributed by atoms with van der Waals surface area (Å²) in [6, 6.07) is 23.3. The summed E-state index contributed by atoms with van der Waals surface area (Å²) < 4.78 is 6.33. The molecule has 4 aromatic rings. The first-order chi connectivity index (χ1) is 21.1. The molecule has 0 spiro atoms. The van der Waals surface area contributed by atoms with Crippen molar-refractivity contribution < 1.29 is 4.74 Å². The highest BCUT2D eigenvalue weighted by atomic mass is 16.5. The van der Waals surface area contributed by atoms with Gasteiger partial charge in [-0.05, 0) is 103 Å². The monoisotopic (exact) mass is 570 g/mol. The third-order valence-electron chi connectivity index (χ3n) is 8.25. The zero-order chi connectivity index (χ0) is 29.4. The fourth-order valence-corrected chi connectivity index (χ4v) is 5.87. The Labute approximate surface area is 254 Å². The van der Waals surface area contributed by atoms with Crippen molar-refractivity contribution in [1.82, 2.24) is 19.9 Å². The van der Waals surface area contributed by atoms with Crippen LogP contribution in [0.4, 0.5) is 0 Å². The highest BCUT2D eigenvalue weighted by Gasteiger charge is 2.11. The Hall–Kier alpha value is -4.38. The Morgan fingerprint density at radius 2 is 1.26 bits per heavy atom. The van der Waals surface area contributed by atoms with E-state index in [-0.39, 0.29) is 0 Å². The van der Waals surface area contributed by atoms with Crippen molar-refractivity contribution in [1.29, 1.82) is 0 Å². The van der Waals surface area contributed by atoms with Crippen LogP contribution in [0.25, 0.3) is 57.5 Å². The highest BCUT2D eigenvalue weighted by molar-refractivity contribution is 5.88. The summed E-state index contributed by atoms with van der Waals surface area (Å²) in [5, 5.41) is 0. The molecular weight excluding hydrogens is 528 g/mol. The summed E-state index contributed by atoms with van der Waals surface area (Å²) >= 11 is 0. The van der Waals surface area contributed by atoms with Gasteiger partial charge in [-0.2, -0.15) is 0 Å². The zero-order valence-electron chi connectivity index (χ0n) is 25.4. The molecule has 1 atom stereocenters. The van der Waals surface area contributed by atoms with Gasteiger partial charge in [-0.3, -0.25) is 0 Å². The number of hydrogen-bond donors (Lipinski definition) is 2. The van der Waals surface area contributed by atoms with Crippen molar-refractivity contribution in [3.8, 4) is 16.9 Å². The van der Waals surface area contributed by atoms with Crippen LogP contribution < -0.4 is 4.74 Å². The van der Waals surface area contributed by atoms with Gasteiger partial charge in [-0.1, -0.05) is 64.5 Å². The molecule has 0 radical (unpaired) electrons. The lowest BCUT2D eigenvalue weighted by Gasteiger charge is -2.17. The molecule has 6 rings (SSSR count). The van der Waals surface area contributed by atoms with Crippen molar-refractivity contribution in [2.45, 2.75) is 65.2 Å². The number of benzene rings is 1. The second kappa shape index (κ2) is 13.7. The maximum Gasteiger partial charge on any atom is 0.119 e. The number of rotatable bonds is 12. The fraction of sp³-hybridized carbons (Fsp3) is 0.316. The van der Waals surface area contributed by atoms with Gasteiger partial charge in [0.25, 0.3) is 0 Å². The standard InChI is InChI=1S/C38H42N4O/c1-3-5-7-8-10-27(9-6-4-2)26-43-36-19-11-28(12-20-36)37-24-35-23-33-16-15-31(40-33)21-29-13-14-30(39-29)22-32-17-18-34(41-32)25-38(37)42-35/h11-25,27,40,42H,3-10,26H2,1-2H3. The second-order valence-electron chi connectivity index (χ2n) is 11.8. The number of aromatic nitrogens is 4. The van der Waals surface area contributed by atoms with Gasteiger partial charge < -0.3 is 14.7 Å². The third-order valence-corrected chi connectivity index (χ3v) is 8.25. The van der Waals surface area contributed by atoms with Crippen molar-refractivity contribution in [3.05, 3.63) is 89.5 Å². The first-order valence-electron chi connectivity index (χ1n) is 16.0. The molecule has 43 heavy (non-hydrogen) atoms. The topological polar surface area (TPSA) is 66.6 Å². The maximum absolute atomic E-state index is 6.33. The van der Waals surface area contributed by atoms with E-state index in [1.54, 1.807) is 0 Å². The number of ether oxygens (including phenoxy) is 1. The maximum atomic E-state index is 6.33. The number of H-pyrrole nitrogens is 2. The van der Waals surface area contributed by atoms with Crippen LogP contribution in [-0.4, -0.2) is 26.5 Å². The largest absolute Gasteiger partial charge is 0.493 e. The van der Waals surface area contributed by atoms with E-state index in [2.05, 4.69) is 90.6 Å². The summed E-state index contributed by atoms with van der Waals surface area (Å²) in [7, 11) is 0. The summed E-state index contributed by atoms with van der Waals surface area (Å²) in [6.45, 7) is 5.35. The van der Waals surface area contributed by atoms with Gasteiger partial charge in [-0.25, -0.2) is 9.97 Å². The smallest absolute Gasteiger partial charge is 0.119 e. The molecule has 1 unspecified atom stereocenters. The van der Waals surface area contributed by atoms with Gasteiger partial charge >= 0.3 is 0 Å². The molecule has 1 aromatic carbocycles. The average Bonchev–Trinajstić information content (AvgIpc) is 3.82. The van der Waals surface area contributed by atoms with Crippen molar-refractivity contribution in [2.75, 3.05) is 6.61 Å². The highest BCUT2D eigenvalue weighted by Crippen LogP contribution is 2.30. The van der Waals surface area contributed by atoms with Gasteiger partial charge in [0.2, 0.25) is 0 Å². The number of nitrogens with zero attached hydrogens (tertiary/aromatic N) is 2. The SMILES string of the molecule is CCCCCCC(CCCC)COc1ccc(-c2cc3cc4ccc(cc5nc(cc6nc(cc2[nH]3)C=C6)C=C5)[nH]4)cc1. The quantitative estimate of drug-likeness (QED) is 0.144. The average molecular weight is 571 g/mol. The van der Waals surface area contributed by atoms with Crippen molar-refractivity contribution >= 4 is 46.4 Å². The lowest BCUT2D eigenvalue weighted by Crippen LogP contribution is -2.12. The Morgan fingerprint density at radius 1 is 0.605 bits per heavy atom. The molecule has 2 aliphatic rings. The van der Waals surface area contributed by atoms with Crippen LogP contribution in [0.3, 0.4) is 0 Å². The lowest BCUT2D eigenvalue weighted by atomic mass is 9.96. The molecule has 0 fully saturated rings. The molecular formula is C38H42N4O. The van der Waals surface area contributed by atoms with Crippen molar-refractivity contribution in [3.63, 3.8) is 0 Å². The normalized spacial score (nSPS) is 13.0. The van der Waals surface area contributed by atoms with E-state index in [1.165, 1.54) is 51.4 Å². The van der Waals surface area contributed by atoms with E-state index in [0.717, 1.165) is 68.3 Å². The van der Waals surface area contributed by atoms with E-state index in [0.29, 0.717) is 5.92 Å². The van der Waals surface area contributed by atoms with Crippen molar-refractivity contribution in [2.24, 2.45) is 5.92 Å². The van der Waals surface area contributed by atoms with Gasteiger partial charge in [0, 0.05) is 27.6 Å². The molecule has 2 aliphatic heterocycles. The van der Waals surface area contributed by atoms with E-state index >= 15 is 0 Å². The number of fused-ring (bicyclic) bond motifs is 8. The first kappa shape index (κ1) is 28.7. The Kier molecular flexibility index (Phi) is 9.17. The first-order valence-corrected chi connectivity index (χ1v) is 16.0. The number of aromatic amines is 2. The minimum atomic E-state index is 0.632. The van der Waals surface area contributed by atoms with E-state index in [9.17, 15) is 0 Å². The summed E-state index contributed by atoms with van der Waals surface area (Å²) in [5.41, 5.74) is 10.00. The minimum Gasteiger partial charge on any atom is -0.493 e. The molecule has 5 heteroatoms. The van der Waals surface area contributed by atoms with Gasteiger partial charge in [0.1, 0.15) is 5.75 Å². The molecule has 0 saturated carbocycles. The van der Waals surface area contributed by atoms with Crippen LogP contribution >= 0.6 is 0 Å². The summed E-state index contributed by atoms with van der Waals surface area (Å²) in [4.78, 5) is 16.7. The fourth-order valence-electron chi connectivity index (χ4n) is 5.87. The predicted molar refractivity (Wildman–Crippen MR) is 182 cm³/mol. The number of nitrogens with one attached hydrogen (secondary N) is 2. The summed E-state index contributed by atoms with van der Waals surface area (Å²) in [5.74, 6) is 1.57. The third kappa shape index (κ3) is 7.53. The van der Waals surface area contributed by atoms with Crippen LogP contribution in [-0.2, 0) is 0 Å². The molecule has 0 saturated heterocycles. The molecule has 220 valence electrons. The molecule has 8 bridgehead atoms. The van der Waals surface area contributed by atoms with Crippen LogP contribution in [0.2, 0.25) is 0 Å². The lowest BCUT2D eigenvalue weighted by molar-refractivity contribution is 0.225. The van der Waals surface area contributed by atoms with E-state index in [4.69, 9.17) is 14.7 Å². The Bertz CT molecular complexity index is 1760. The second-order valence-corrected chi connectivity index (χ2v) is 11.8. The molecule has 5 heterocycles. The zero-order valence-corrected chi connectivity index (χ0v) is 25.4. The predicted octanol–water partition coefficient (Wildman–Crippen LogP) is 10.5. The minimum absolute atomic E-state index is 0.632. The Balaban J connectivity index is 1.30. The summed E-state index contributed by atoms with van der Waals surface area (Å²) in [6.07, 6.45) is 18.4. The number of unbranched alkanes of at least 4 members (excludes halogenated alkanes) is 4. The van der Waals surface area contributed by atoms with Crippen LogP contribution in [0.1, 0.15) is 88.0 Å². The van der Waals surface area contributed by atoms with Gasteiger partial charge in [0.15, 0.2) is 0 Å². The van der Waals surface area contributed by atoms with Crippen LogP contribution in [0.5, 0.6) is 5.75 Å². The van der Waals surface area contributed by atoms with E-state index < -0.39 is 0 Å². The van der Waals surface area contributed by atoms with Crippen LogP contribution in [0.15, 0.2) is 66.7 Å². The molecule has 0 aliphatic carbocycles. The molecule has 3 aromatic heterocycles. The Morgan fingerprint density at radius 3 is 1.98 bits per heavy atom. The molecule has 0 amide bonds. The van der Waals surface area contributed by atoms with Crippen LogP contribution in [0, 0.1) is 5.92 Å². The molecule has 5 nitrogen and oxygen atoms in total. The van der Waals surface area contributed by atoms with E-state index in [1.807, 2.05) is 24.3 Å². The molecule has 2 N–H and O–H groups in total.